The molecule has 0 rings (SSSR count). The molecule has 33 heavy (non-hydrogen) atoms. The van der Waals surface area contributed by atoms with E-state index < -0.39 is 23.6 Å². The average molecular weight is 527 g/mol. The van der Waals surface area contributed by atoms with Gasteiger partial charge in [-0.05, 0) is 72.8 Å². The van der Waals surface area contributed by atoms with Crippen LogP contribution in [0, 0.1) is 0 Å². The molecule has 0 aliphatic heterocycles. The van der Waals surface area contributed by atoms with Crippen molar-refractivity contribution in [2.45, 2.75) is 72.9 Å². The predicted molar refractivity (Wildman–Crippen MR) is 138 cm³/mol. The standard InChI is InChI=1S/C22H46O8SSi2/c1-8-25-32(26-9-2,27-10-3)18-14-16-31-17-15-21(19-20(7)22(23)24)33(28-11-4,29-12-5)30-13-6/h19,21H,8-18H2,1-7H3,(H,23,24). The second-order valence-electron chi connectivity index (χ2n) is 7.15. The smallest absolute Gasteiger partial charge is 0.478 e. The van der Waals surface area contributed by atoms with Gasteiger partial charge in [-0.25, -0.2) is 4.79 Å². The molecule has 1 unspecified atom stereocenters. The maximum atomic E-state index is 11.5. The van der Waals surface area contributed by atoms with Crippen LogP contribution in [-0.4, -0.2) is 79.8 Å². The SMILES string of the molecule is CCO[Si](CCCSCCC(C=C(C)C(=O)O)[Si](OCC)(OCC)OCC)(OCC)OCC. The molecule has 1 N–H and O–H groups in total. The van der Waals surface area contributed by atoms with E-state index in [4.69, 9.17) is 26.6 Å². The fourth-order valence-electron chi connectivity index (χ4n) is 3.49. The summed E-state index contributed by atoms with van der Waals surface area (Å²) < 4.78 is 36.0. The number of hydrogen-bond acceptors (Lipinski definition) is 8. The zero-order valence-electron chi connectivity index (χ0n) is 21.6. The maximum absolute atomic E-state index is 11.5. The van der Waals surface area contributed by atoms with Gasteiger partial charge in [0.2, 0.25) is 0 Å². The number of carboxylic acids is 1. The van der Waals surface area contributed by atoms with Crippen molar-refractivity contribution in [3.8, 4) is 0 Å². The van der Waals surface area contributed by atoms with E-state index in [-0.39, 0.29) is 11.1 Å². The van der Waals surface area contributed by atoms with Crippen molar-refractivity contribution in [3.05, 3.63) is 11.6 Å². The van der Waals surface area contributed by atoms with E-state index in [1.165, 1.54) is 0 Å². The molecular weight excluding hydrogens is 480 g/mol. The Balaban J connectivity index is 5.16. The summed E-state index contributed by atoms with van der Waals surface area (Å²) in [6.07, 6.45) is 3.40. The second-order valence-corrected chi connectivity index (χ2v) is 13.9. The predicted octanol–water partition coefficient (Wildman–Crippen LogP) is 5.00. The average Bonchev–Trinajstić information content (AvgIpc) is 2.76. The van der Waals surface area contributed by atoms with Gasteiger partial charge < -0.3 is 31.7 Å². The first kappa shape index (κ1) is 32.8. The Labute approximate surface area is 207 Å². The quantitative estimate of drug-likeness (QED) is 0.119. The van der Waals surface area contributed by atoms with Gasteiger partial charge in [0, 0.05) is 56.8 Å². The van der Waals surface area contributed by atoms with Crippen molar-refractivity contribution in [2.75, 3.05) is 51.1 Å². The van der Waals surface area contributed by atoms with Crippen LogP contribution >= 0.6 is 11.8 Å². The number of carbonyl (C=O) groups is 1. The molecule has 11 heteroatoms. The van der Waals surface area contributed by atoms with E-state index in [0.29, 0.717) is 46.1 Å². The molecule has 196 valence electrons. The Morgan fingerprint density at radius 2 is 1.27 bits per heavy atom. The molecule has 0 saturated carbocycles. The molecule has 0 aromatic carbocycles. The van der Waals surface area contributed by atoms with E-state index in [2.05, 4.69) is 0 Å². The normalized spacial score (nSPS) is 14.0. The third kappa shape index (κ3) is 12.3. The minimum Gasteiger partial charge on any atom is -0.478 e. The van der Waals surface area contributed by atoms with Gasteiger partial charge in [-0.2, -0.15) is 11.8 Å². The van der Waals surface area contributed by atoms with E-state index >= 15 is 0 Å². The van der Waals surface area contributed by atoms with E-state index in [1.54, 1.807) is 13.0 Å². The first-order chi connectivity index (χ1) is 15.8. The Morgan fingerprint density at radius 3 is 1.67 bits per heavy atom. The van der Waals surface area contributed by atoms with Crippen LogP contribution in [0.15, 0.2) is 11.6 Å². The third-order valence-electron chi connectivity index (χ3n) is 4.72. The monoisotopic (exact) mass is 526 g/mol. The minimum absolute atomic E-state index is 0.218. The highest BCUT2D eigenvalue weighted by atomic mass is 32.2. The number of allylic oxidation sites excluding steroid dienone is 1. The second kappa shape index (κ2) is 19.0. The molecule has 1 atom stereocenters. The highest BCUT2D eigenvalue weighted by Gasteiger charge is 2.48. The Kier molecular flexibility index (Phi) is 18.9. The molecule has 0 spiro atoms. The summed E-state index contributed by atoms with van der Waals surface area (Å²) in [6.45, 7) is 16.3. The van der Waals surface area contributed by atoms with E-state index in [9.17, 15) is 9.90 Å². The van der Waals surface area contributed by atoms with Crippen molar-refractivity contribution >= 4 is 35.3 Å². The lowest BCUT2D eigenvalue weighted by Crippen LogP contribution is -2.50. The van der Waals surface area contributed by atoms with Crippen molar-refractivity contribution < 1.29 is 36.5 Å². The number of thioether (sulfide) groups is 1. The lowest BCUT2D eigenvalue weighted by Gasteiger charge is -2.34. The molecule has 8 nitrogen and oxygen atoms in total. The third-order valence-corrected chi connectivity index (χ3v) is 12.4. The van der Waals surface area contributed by atoms with Crippen LogP contribution in [0.2, 0.25) is 11.6 Å². The summed E-state index contributed by atoms with van der Waals surface area (Å²) in [5.41, 5.74) is 0.0617. The molecule has 0 bridgehead atoms. The molecule has 0 fully saturated rings. The summed E-state index contributed by atoms with van der Waals surface area (Å²) in [4.78, 5) is 11.5. The molecule has 0 aromatic heterocycles. The lowest BCUT2D eigenvalue weighted by atomic mass is 10.2. The van der Waals surface area contributed by atoms with Gasteiger partial charge in [0.1, 0.15) is 0 Å². The van der Waals surface area contributed by atoms with Crippen LogP contribution in [-0.2, 0) is 31.4 Å². The molecule has 0 heterocycles. The summed E-state index contributed by atoms with van der Waals surface area (Å²) in [5, 5.41) is 9.42. The van der Waals surface area contributed by atoms with Crippen LogP contribution < -0.4 is 0 Å². The molecule has 0 amide bonds. The highest BCUT2D eigenvalue weighted by Crippen LogP contribution is 2.33. The molecule has 0 radical (unpaired) electrons. The summed E-state index contributed by atoms with van der Waals surface area (Å²) >= 11 is 1.82. The summed E-state index contributed by atoms with van der Waals surface area (Å²) in [6, 6.07) is 0.784. The van der Waals surface area contributed by atoms with Gasteiger partial charge in [0.15, 0.2) is 0 Å². The van der Waals surface area contributed by atoms with Gasteiger partial charge in [-0.1, -0.05) is 6.08 Å². The van der Waals surface area contributed by atoms with Gasteiger partial charge >= 0.3 is 23.6 Å². The largest absolute Gasteiger partial charge is 0.508 e. The molecule has 0 saturated heterocycles. The first-order valence-corrected chi connectivity index (χ1v) is 17.0. The molecule has 0 aromatic rings. The molecule has 0 aliphatic carbocycles. The van der Waals surface area contributed by atoms with Gasteiger partial charge in [0.05, 0.1) is 0 Å². The zero-order valence-corrected chi connectivity index (χ0v) is 24.5. The minimum atomic E-state index is -3.07. The van der Waals surface area contributed by atoms with Crippen LogP contribution in [0.25, 0.3) is 0 Å². The molecular formula is C22H46O8SSi2. The maximum Gasteiger partial charge on any atom is 0.508 e. The Hall–Kier alpha value is -0.246. The topological polar surface area (TPSA) is 92.7 Å². The summed E-state index contributed by atoms with van der Waals surface area (Å²) in [7, 11) is -5.69. The lowest BCUT2D eigenvalue weighted by molar-refractivity contribution is -0.132. The van der Waals surface area contributed by atoms with Gasteiger partial charge in [0.25, 0.3) is 0 Å². The van der Waals surface area contributed by atoms with Gasteiger partial charge in [-0.3, -0.25) is 0 Å². The Bertz CT molecular complexity index is 516. The number of carboxylic acid groups (broad SMARTS) is 1. The van der Waals surface area contributed by atoms with Crippen molar-refractivity contribution in [1.29, 1.82) is 0 Å². The van der Waals surface area contributed by atoms with Crippen molar-refractivity contribution in [3.63, 3.8) is 0 Å². The zero-order chi connectivity index (χ0) is 25.2. The molecule has 0 aliphatic rings. The fourth-order valence-corrected chi connectivity index (χ4v) is 10.6. The number of aliphatic carboxylic acids is 1. The van der Waals surface area contributed by atoms with E-state index in [0.717, 1.165) is 24.0 Å². The van der Waals surface area contributed by atoms with Gasteiger partial charge in [-0.15, -0.1) is 0 Å². The number of rotatable bonds is 22. The van der Waals surface area contributed by atoms with Crippen molar-refractivity contribution in [2.24, 2.45) is 0 Å². The van der Waals surface area contributed by atoms with Crippen LogP contribution in [0.4, 0.5) is 0 Å². The summed E-state index contributed by atoms with van der Waals surface area (Å²) in [5.74, 6) is 0.828. The Morgan fingerprint density at radius 1 is 0.818 bits per heavy atom. The van der Waals surface area contributed by atoms with Crippen molar-refractivity contribution in [1.82, 2.24) is 0 Å². The van der Waals surface area contributed by atoms with Crippen LogP contribution in [0.5, 0.6) is 0 Å². The fraction of sp³-hybridized carbons (Fsp3) is 0.864. The van der Waals surface area contributed by atoms with E-state index in [1.807, 2.05) is 53.3 Å². The van der Waals surface area contributed by atoms with Crippen LogP contribution in [0.1, 0.15) is 61.3 Å². The first-order valence-electron chi connectivity index (χ1n) is 12.1. The highest BCUT2D eigenvalue weighted by molar-refractivity contribution is 7.99. The van der Waals surface area contributed by atoms with Crippen LogP contribution in [0.3, 0.4) is 0 Å². The number of hydrogen-bond donors (Lipinski definition) is 1.